The zero-order valence-corrected chi connectivity index (χ0v) is 13.3. The van der Waals surface area contributed by atoms with Crippen LogP contribution in [0.3, 0.4) is 0 Å². The zero-order chi connectivity index (χ0) is 16.5. The van der Waals surface area contributed by atoms with E-state index < -0.39 is 0 Å². The molecule has 1 amide bonds. The lowest BCUT2D eigenvalue weighted by molar-refractivity contribution is 0.0942. The molecule has 1 aliphatic heterocycles. The molecule has 0 spiro atoms. The van der Waals surface area contributed by atoms with Crippen LogP contribution in [0.4, 0.5) is 0 Å². The van der Waals surface area contributed by atoms with E-state index >= 15 is 0 Å². The van der Waals surface area contributed by atoms with Crippen molar-refractivity contribution < 1.29 is 9.53 Å². The first kappa shape index (κ1) is 14.8. The van der Waals surface area contributed by atoms with E-state index in [0.29, 0.717) is 31.0 Å². The lowest BCUT2D eigenvalue weighted by Gasteiger charge is -2.13. The van der Waals surface area contributed by atoms with Crippen molar-refractivity contribution in [3.05, 3.63) is 53.1 Å². The monoisotopic (exact) mass is 323 g/mol. The second-order valence-corrected chi connectivity index (χ2v) is 5.72. The summed E-state index contributed by atoms with van der Waals surface area (Å²) in [6.07, 6.45) is 2.34. The van der Waals surface area contributed by atoms with Gasteiger partial charge in [0.2, 0.25) is 0 Å². The Morgan fingerprint density at radius 3 is 3.04 bits per heavy atom. The fraction of sp³-hybridized carbons (Fsp3) is 0.294. The Balaban J connectivity index is 1.52. The minimum Gasteiger partial charge on any atom is -0.376 e. The lowest BCUT2D eigenvalue weighted by atomic mass is 10.1. The van der Waals surface area contributed by atoms with E-state index in [1.54, 1.807) is 0 Å². The van der Waals surface area contributed by atoms with Gasteiger partial charge in [-0.2, -0.15) is 5.10 Å². The summed E-state index contributed by atoms with van der Waals surface area (Å²) < 4.78 is 7.37. The average molecular weight is 323 g/mol. The van der Waals surface area contributed by atoms with Crippen LogP contribution in [0.2, 0.25) is 0 Å². The molecule has 0 bridgehead atoms. The van der Waals surface area contributed by atoms with Crippen LogP contribution in [0.5, 0.6) is 0 Å². The van der Waals surface area contributed by atoms with Gasteiger partial charge in [0, 0.05) is 24.7 Å². The van der Waals surface area contributed by atoms with Gasteiger partial charge in [0.25, 0.3) is 5.91 Å². The highest BCUT2D eigenvalue weighted by atomic mass is 16.5. The van der Waals surface area contributed by atoms with E-state index in [-0.39, 0.29) is 5.91 Å². The maximum atomic E-state index is 12.4. The van der Waals surface area contributed by atoms with Gasteiger partial charge in [-0.05, 0) is 12.1 Å². The first-order valence-corrected chi connectivity index (χ1v) is 7.84. The molecule has 0 aliphatic carbocycles. The van der Waals surface area contributed by atoms with E-state index in [0.717, 1.165) is 23.2 Å². The fourth-order valence-electron chi connectivity index (χ4n) is 2.95. The van der Waals surface area contributed by atoms with Crippen molar-refractivity contribution in [1.29, 1.82) is 0 Å². The SMILES string of the molecule is Cn1nc(CNC(=O)c2cnc3ccccc3n2)c2c1CCOC2. The van der Waals surface area contributed by atoms with Crippen molar-refractivity contribution in [2.75, 3.05) is 6.61 Å². The van der Waals surface area contributed by atoms with Gasteiger partial charge in [0.15, 0.2) is 0 Å². The summed E-state index contributed by atoms with van der Waals surface area (Å²) in [5.74, 6) is -0.260. The van der Waals surface area contributed by atoms with Gasteiger partial charge in [-0.25, -0.2) is 4.98 Å². The van der Waals surface area contributed by atoms with Crippen LogP contribution in [0, 0.1) is 0 Å². The number of amides is 1. The molecule has 0 unspecified atom stereocenters. The second-order valence-electron chi connectivity index (χ2n) is 5.72. The molecule has 3 heterocycles. The molecule has 122 valence electrons. The number of nitrogens with one attached hydrogen (secondary N) is 1. The smallest absolute Gasteiger partial charge is 0.271 e. The quantitative estimate of drug-likeness (QED) is 0.787. The molecular formula is C17H17N5O2. The predicted octanol–water partition coefficient (Wildman–Crippen LogP) is 1.37. The number of hydrogen-bond acceptors (Lipinski definition) is 5. The van der Waals surface area contributed by atoms with Crippen LogP contribution < -0.4 is 5.32 Å². The molecule has 24 heavy (non-hydrogen) atoms. The van der Waals surface area contributed by atoms with Gasteiger partial charge in [0.1, 0.15) is 5.69 Å². The van der Waals surface area contributed by atoms with Crippen LogP contribution in [0.1, 0.15) is 27.4 Å². The fourth-order valence-corrected chi connectivity index (χ4v) is 2.95. The maximum Gasteiger partial charge on any atom is 0.271 e. The third-order valence-electron chi connectivity index (χ3n) is 4.19. The average Bonchev–Trinajstić information content (AvgIpc) is 2.95. The van der Waals surface area contributed by atoms with Crippen LogP contribution in [0.25, 0.3) is 11.0 Å². The second kappa shape index (κ2) is 6.01. The summed E-state index contributed by atoms with van der Waals surface area (Å²) in [6, 6.07) is 7.47. The molecule has 0 atom stereocenters. The van der Waals surface area contributed by atoms with Crippen molar-refractivity contribution in [2.24, 2.45) is 7.05 Å². The molecular weight excluding hydrogens is 306 g/mol. The van der Waals surface area contributed by atoms with Crippen LogP contribution in [-0.2, 0) is 31.4 Å². The highest BCUT2D eigenvalue weighted by Crippen LogP contribution is 2.20. The van der Waals surface area contributed by atoms with Gasteiger partial charge in [0.05, 0.1) is 42.7 Å². The summed E-state index contributed by atoms with van der Waals surface area (Å²) in [5.41, 5.74) is 4.87. The minimum absolute atomic E-state index is 0.260. The molecule has 2 aromatic heterocycles. The molecule has 3 aromatic rings. The number of hydrogen-bond donors (Lipinski definition) is 1. The van der Waals surface area contributed by atoms with Gasteiger partial charge in [-0.15, -0.1) is 0 Å². The Bertz CT molecular complexity index is 918. The molecule has 1 N–H and O–H groups in total. The molecule has 7 heteroatoms. The van der Waals surface area contributed by atoms with Gasteiger partial charge in [-0.1, -0.05) is 12.1 Å². The van der Waals surface area contributed by atoms with E-state index in [9.17, 15) is 4.79 Å². The topological polar surface area (TPSA) is 81.9 Å². The zero-order valence-electron chi connectivity index (χ0n) is 13.3. The van der Waals surface area contributed by atoms with Crippen molar-refractivity contribution in [3.63, 3.8) is 0 Å². The highest BCUT2D eigenvalue weighted by Gasteiger charge is 2.20. The third-order valence-corrected chi connectivity index (χ3v) is 4.19. The standard InChI is InChI=1S/C17H17N5O2/c1-22-16-6-7-24-10-11(16)14(21-22)8-19-17(23)15-9-18-12-4-2-3-5-13(12)20-15/h2-5,9H,6-8,10H2,1H3,(H,19,23). The largest absolute Gasteiger partial charge is 0.376 e. The number of benzene rings is 1. The summed E-state index contributed by atoms with van der Waals surface area (Å²) in [7, 11) is 1.92. The first-order valence-electron chi connectivity index (χ1n) is 7.84. The molecule has 0 radical (unpaired) electrons. The molecule has 0 saturated carbocycles. The molecule has 4 rings (SSSR count). The van der Waals surface area contributed by atoms with Crippen LogP contribution >= 0.6 is 0 Å². The first-order chi connectivity index (χ1) is 11.7. The van der Waals surface area contributed by atoms with E-state index in [1.165, 1.54) is 11.9 Å². The van der Waals surface area contributed by atoms with Crippen LogP contribution in [0.15, 0.2) is 30.5 Å². The maximum absolute atomic E-state index is 12.4. The Labute approximate surface area is 138 Å². The number of fused-ring (bicyclic) bond motifs is 2. The lowest BCUT2D eigenvalue weighted by Crippen LogP contribution is -2.25. The Morgan fingerprint density at radius 1 is 1.33 bits per heavy atom. The Kier molecular flexibility index (Phi) is 3.70. The third kappa shape index (κ3) is 2.63. The Morgan fingerprint density at radius 2 is 2.17 bits per heavy atom. The summed E-state index contributed by atoms with van der Waals surface area (Å²) >= 11 is 0. The van der Waals surface area contributed by atoms with Crippen molar-refractivity contribution in [1.82, 2.24) is 25.1 Å². The van der Waals surface area contributed by atoms with Gasteiger partial charge >= 0.3 is 0 Å². The van der Waals surface area contributed by atoms with Crippen molar-refractivity contribution in [3.8, 4) is 0 Å². The molecule has 1 aromatic carbocycles. The molecule has 0 fully saturated rings. The number of ether oxygens (including phenoxy) is 1. The van der Waals surface area contributed by atoms with Crippen molar-refractivity contribution >= 4 is 16.9 Å². The number of carbonyl (C=O) groups is 1. The van der Waals surface area contributed by atoms with E-state index in [1.807, 2.05) is 36.0 Å². The highest BCUT2D eigenvalue weighted by molar-refractivity contribution is 5.93. The predicted molar refractivity (Wildman–Crippen MR) is 87.3 cm³/mol. The normalized spacial score (nSPS) is 13.7. The summed E-state index contributed by atoms with van der Waals surface area (Å²) in [4.78, 5) is 21.0. The minimum atomic E-state index is -0.260. The Hall–Kier alpha value is -2.80. The van der Waals surface area contributed by atoms with E-state index in [2.05, 4.69) is 20.4 Å². The van der Waals surface area contributed by atoms with Gasteiger partial charge in [-0.3, -0.25) is 14.5 Å². The molecule has 0 saturated heterocycles. The van der Waals surface area contributed by atoms with Gasteiger partial charge < -0.3 is 10.1 Å². The summed E-state index contributed by atoms with van der Waals surface area (Å²) in [6.45, 7) is 1.61. The number of aryl methyl sites for hydroxylation is 1. The van der Waals surface area contributed by atoms with Crippen LogP contribution in [-0.4, -0.2) is 32.3 Å². The number of para-hydroxylation sites is 2. The number of rotatable bonds is 3. The molecule has 7 nitrogen and oxygen atoms in total. The van der Waals surface area contributed by atoms with E-state index in [4.69, 9.17) is 4.74 Å². The summed E-state index contributed by atoms with van der Waals surface area (Å²) in [5, 5.41) is 7.36. The van der Waals surface area contributed by atoms with Crippen molar-refractivity contribution in [2.45, 2.75) is 19.6 Å². The number of aromatic nitrogens is 4. The molecule has 1 aliphatic rings. The number of nitrogens with zero attached hydrogens (tertiary/aromatic N) is 4. The number of carbonyl (C=O) groups excluding carboxylic acids is 1.